The number of carbonyl (C=O) groups excluding carboxylic acids is 1. The van der Waals surface area contributed by atoms with Crippen molar-refractivity contribution in [1.29, 1.82) is 0 Å². The molecule has 0 unspecified atom stereocenters. The van der Waals surface area contributed by atoms with Crippen LogP contribution in [0.25, 0.3) is 0 Å². The summed E-state index contributed by atoms with van der Waals surface area (Å²) in [7, 11) is 0. The van der Waals surface area contributed by atoms with E-state index in [-0.39, 0.29) is 0 Å². The van der Waals surface area contributed by atoms with Crippen molar-refractivity contribution in [3.8, 4) is 0 Å². The lowest BCUT2D eigenvalue weighted by atomic mass is 10.1. The molecule has 0 spiro atoms. The molecule has 0 aliphatic carbocycles. The van der Waals surface area contributed by atoms with Gasteiger partial charge in [0.1, 0.15) is 0 Å². The van der Waals surface area contributed by atoms with E-state index in [2.05, 4.69) is 6.92 Å². The Labute approximate surface area is 128 Å². The van der Waals surface area contributed by atoms with Crippen LogP contribution in [0.2, 0.25) is 0 Å². The largest absolute Gasteiger partial charge is 0.373 e. The molecular weight excluding hydrogens is 264 g/mol. The molecule has 0 aromatic heterocycles. The van der Waals surface area contributed by atoms with Crippen LogP contribution in [0.5, 0.6) is 0 Å². The molecule has 0 N–H and O–H groups in total. The molecule has 0 radical (unpaired) electrons. The SMILES string of the molecule is CCCCCCCCCCOOC(=O)c1ccc(C)cc1. The van der Waals surface area contributed by atoms with Crippen LogP contribution >= 0.6 is 0 Å². The number of hydrogen-bond acceptors (Lipinski definition) is 3. The summed E-state index contributed by atoms with van der Waals surface area (Å²) in [6.45, 7) is 4.69. The molecule has 0 heterocycles. The Balaban J connectivity index is 1.96. The van der Waals surface area contributed by atoms with E-state index in [0.717, 1.165) is 18.4 Å². The molecule has 1 aromatic rings. The fraction of sp³-hybridized carbons (Fsp3) is 0.611. The molecule has 0 amide bonds. The standard InChI is InChI=1S/C18H28O3/c1-3-4-5-6-7-8-9-10-15-20-21-18(19)17-13-11-16(2)12-14-17/h11-14H,3-10,15H2,1-2H3. The number of benzene rings is 1. The first-order valence-corrected chi connectivity index (χ1v) is 8.14. The molecule has 0 aliphatic heterocycles. The van der Waals surface area contributed by atoms with Gasteiger partial charge in [-0.2, -0.15) is 4.89 Å². The van der Waals surface area contributed by atoms with Gasteiger partial charge in [0.15, 0.2) is 0 Å². The summed E-state index contributed by atoms with van der Waals surface area (Å²) >= 11 is 0. The van der Waals surface area contributed by atoms with E-state index in [1.165, 1.54) is 38.5 Å². The van der Waals surface area contributed by atoms with Crippen molar-refractivity contribution in [2.24, 2.45) is 0 Å². The van der Waals surface area contributed by atoms with Gasteiger partial charge >= 0.3 is 5.97 Å². The Morgan fingerprint density at radius 2 is 1.48 bits per heavy atom. The maximum Gasteiger partial charge on any atom is 0.373 e. The quantitative estimate of drug-likeness (QED) is 0.318. The minimum atomic E-state index is -0.422. The highest BCUT2D eigenvalue weighted by atomic mass is 17.2. The lowest BCUT2D eigenvalue weighted by Gasteiger charge is -2.04. The van der Waals surface area contributed by atoms with Crippen molar-refractivity contribution in [2.75, 3.05) is 6.61 Å². The van der Waals surface area contributed by atoms with Crippen molar-refractivity contribution in [2.45, 2.75) is 65.2 Å². The van der Waals surface area contributed by atoms with E-state index in [4.69, 9.17) is 9.78 Å². The Kier molecular flexibility index (Phi) is 9.55. The van der Waals surface area contributed by atoms with Crippen molar-refractivity contribution in [3.05, 3.63) is 35.4 Å². The van der Waals surface area contributed by atoms with Gasteiger partial charge in [0.2, 0.25) is 0 Å². The van der Waals surface area contributed by atoms with Crippen LogP contribution in [-0.2, 0) is 9.78 Å². The molecule has 21 heavy (non-hydrogen) atoms. The third-order valence-electron chi connectivity index (χ3n) is 3.50. The monoisotopic (exact) mass is 292 g/mol. The third-order valence-corrected chi connectivity index (χ3v) is 3.50. The van der Waals surface area contributed by atoms with Crippen molar-refractivity contribution in [1.82, 2.24) is 0 Å². The van der Waals surface area contributed by atoms with Gasteiger partial charge < -0.3 is 0 Å². The van der Waals surface area contributed by atoms with Crippen LogP contribution < -0.4 is 0 Å². The lowest BCUT2D eigenvalue weighted by molar-refractivity contribution is -0.241. The van der Waals surface area contributed by atoms with Crippen LogP contribution in [-0.4, -0.2) is 12.6 Å². The Morgan fingerprint density at radius 1 is 0.905 bits per heavy atom. The summed E-state index contributed by atoms with van der Waals surface area (Å²) in [5, 5.41) is 0. The third kappa shape index (κ3) is 8.51. The highest BCUT2D eigenvalue weighted by Crippen LogP contribution is 2.09. The summed E-state index contributed by atoms with van der Waals surface area (Å²) in [6, 6.07) is 7.26. The maximum absolute atomic E-state index is 11.6. The molecule has 0 fully saturated rings. The van der Waals surface area contributed by atoms with E-state index in [1.54, 1.807) is 12.1 Å². The number of unbranched alkanes of at least 4 members (excludes halogenated alkanes) is 7. The smallest absolute Gasteiger partial charge is 0.293 e. The van der Waals surface area contributed by atoms with E-state index in [0.29, 0.717) is 12.2 Å². The highest BCUT2D eigenvalue weighted by Gasteiger charge is 2.07. The Bertz CT molecular complexity index is 384. The molecule has 0 saturated carbocycles. The minimum absolute atomic E-state index is 0.422. The zero-order valence-corrected chi connectivity index (χ0v) is 13.4. The molecule has 3 nitrogen and oxygen atoms in total. The van der Waals surface area contributed by atoms with Gasteiger partial charge in [0, 0.05) is 0 Å². The average molecular weight is 292 g/mol. The molecule has 0 aliphatic rings. The molecular formula is C18H28O3. The van der Waals surface area contributed by atoms with Crippen LogP contribution in [0.3, 0.4) is 0 Å². The minimum Gasteiger partial charge on any atom is -0.293 e. The van der Waals surface area contributed by atoms with Crippen LogP contribution in [0.15, 0.2) is 24.3 Å². The number of aryl methyl sites for hydroxylation is 1. The molecule has 0 saturated heterocycles. The van der Waals surface area contributed by atoms with Gasteiger partial charge in [0.25, 0.3) is 0 Å². The number of carbonyl (C=O) groups is 1. The normalized spacial score (nSPS) is 10.6. The van der Waals surface area contributed by atoms with Gasteiger partial charge in [-0.15, -0.1) is 0 Å². The van der Waals surface area contributed by atoms with Crippen molar-refractivity contribution in [3.63, 3.8) is 0 Å². The van der Waals surface area contributed by atoms with E-state index in [9.17, 15) is 4.79 Å². The highest BCUT2D eigenvalue weighted by molar-refractivity contribution is 5.88. The summed E-state index contributed by atoms with van der Waals surface area (Å²) in [4.78, 5) is 21.4. The first kappa shape index (κ1) is 17.7. The van der Waals surface area contributed by atoms with Crippen molar-refractivity contribution < 1.29 is 14.6 Å². The first-order valence-electron chi connectivity index (χ1n) is 8.14. The number of hydrogen-bond donors (Lipinski definition) is 0. The summed E-state index contributed by atoms with van der Waals surface area (Å²) in [5.41, 5.74) is 1.64. The molecule has 3 heteroatoms. The van der Waals surface area contributed by atoms with Gasteiger partial charge in [-0.05, 0) is 25.5 Å². The molecule has 1 aromatic carbocycles. The fourth-order valence-corrected chi connectivity index (χ4v) is 2.13. The van der Waals surface area contributed by atoms with E-state index >= 15 is 0 Å². The second-order valence-corrected chi connectivity index (χ2v) is 5.53. The van der Waals surface area contributed by atoms with Crippen LogP contribution in [0.1, 0.15) is 74.2 Å². The maximum atomic E-state index is 11.6. The van der Waals surface area contributed by atoms with Gasteiger partial charge in [-0.25, -0.2) is 4.79 Å². The number of rotatable bonds is 11. The summed E-state index contributed by atoms with van der Waals surface area (Å²) in [5.74, 6) is -0.422. The van der Waals surface area contributed by atoms with Gasteiger partial charge in [-0.1, -0.05) is 69.6 Å². The first-order chi connectivity index (χ1) is 10.2. The molecule has 0 bridgehead atoms. The predicted molar refractivity (Wildman–Crippen MR) is 85.2 cm³/mol. The fourth-order valence-electron chi connectivity index (χ4n) is 2.13. The predicted octanol–water partition coefficient (Wildman–Crippen LogP) is 5.22. The summed E-state index contributed by atoms with van der Waals surface area (Å²) < 4.78 is 0. The van der Waals surface area contributed by atoms with E-state index < -0.39 is 5.97 Å². The lowest BCUT2D eigenvalue weighted by Crippen LogP contribution is -2.07. The average Bonchev–Trinajstić information content (AvgIpc) is 2.49. The van der Waals surface area contributed by atoms with Gasteiger partial charge in [-0.3, -0.25) is 4.89 Å². The molecule has 0 atom stereocenters. The zero-order valence-electron chi connectivity index (χ0n) is 13.4. The van der Waals surface area contributed by atoms with Crippen LogP contribution in [0.4, 0.5) is 0 Å². The van der Waals surface area contributed by atoms with Crippen molar-refractivity contribution >= 4 is 5.97 Å². The van der Waals surface area contributed by atoms with E-state index in [1.807, 2.05) is 19.1 Å². The topological polar surface area (TPSA) is 35.5 Å². The zero-order chi connectivity index (χ0) is 15.3. The Morgan fingerprint density at radius 3 is 2.10 bits per heavy atom. The molecule has 118 valence electrons. The molecule has 1 rings (SSSR count). The summed E-state index contributed by atoms with van der Waals surface area (Å²) in [6.07, 6.45) is 9.92. The second-order valence-electron chi connectivity index (χ2n) is 5.53. The Hall–Kier alpha value is -1.35. The second kappa shape index (κ2) is 11.3. The van der Waals surface area contributed by atoms with Crippen LogP contribution in [0, 0.1) is 6.92 Å². The van der Waals surface area contributed by atoms with Gasteiger partial charge in [0.05, 0.1) is 12.2 Å².